The predicted octanol–water partition coefficient (Wildman–Crippen LogP) is 1.48. The third-order valence-corrected chi connectivity index (χ3v) is 5.01. The zero-order valence-corrected chi connectivity index (χ0v) is 17.7. The van der Waals surface area contributed by atoms with Crippen molar-refractivity contribution in [2.45, 2.75) is 39.3 Å². The Kier molecular flexibility index (Phi) is 5.87. The summed E-state index contributed by atoms with van der Waals surface area (Å²) >= 11 is 1.10. The van der Waals surface area contributed by atoms with Crippen LogP contribution >= 0.6 is 11.8 Å². The molecule has 154 valence electrons. The van der Waals surface area contributed by atoms with Crippen LogP contribution in [0.4, 0.5) is 5.88 Å². The zero-order valence-electron chi connectivity index (χ0n) is 16.8. The zero-order chi connectivity index (χ0) is 21.3. The van der Waals surface area contributed by atoms with Crippen LogP contribution in [0.15, 0.2) is 25.2 Å². The second-order valence-electron chi connectivity index (χ2n) is 7.10. The average molecular weight is 418 g/mol. The van der Waals surface area contributed by atoms with Gasteiger partial charge in [-0.1, -0.05) is 30.8 Å². The van der Waals surface area contributed by atoms with Crippen LogP contribution in [0.5, 0.6) is 0 Å². The van der Waals surface area contributed by atoms with Gasteiger partial charge in [-0.3, -0.25) is 24.0 Å². The second kappa shape index (κ2) is 8.19. The van der Waals surface area contributed by atoms with Crippen molar-refractivity contribution in [1.82, 2.24) is 24.3 Å². The molecule has 0 unspecified atom stereocenters. The Labute approximate surface area is 170 Å². The monoisotopic (exact) mass is 418 g/mol. The molecule has 3 rings (SSSR count). The number of nitrogens with one attached hydrogen (secondary N) is 1. The van der Waals surface area contributed by atoms with Crippen molar-refractivity contribution in [3.63, 3.8) is 0 Å². The molecule has 0 aliphatic rings. The maximum Gasteiger partial charge on any atom is 0.332 e. The molecule has 0 saturated heterocycles. The Bertz CT molecular complexity index is 1190. The topological polar surface area (TPSA) is 125 Å². The second-order valence-corrected chi connectivity index (χ2v) is 8.06. The highest BCUT2D eigenvalue weighted by atomic mass is 32.2. The van der Waals surface area contributed by atoms with E-state index in [-0.39, 0.29) is 34.5 Å². The van der Waals surface area contributed by atoms with E-state index >= 15 is 0 Å². The van der Waals surface area contributed by atoms with Crippen LogP contribution in [-0.2, 0) is 18.4 Å². The summed E-state index contributed by atoms with van der Waals surface area (Å²) in [5.41, 5.74) is 0.0208. The number of aromatic nitrogens is 5. The van der Waals surface area contributed by atoms with E-state index < -0.39 is 11.2 Å². The molecule has 0 fully saturated rings. The van der Waals surface area contributed by atoms with E-state index in [1.54, 1.807) is 19.9 Å². The van der Waals surface area contributed by atoms with E-state index in [2.05, 4.69) is 20.4 Å². The molecule has 29 heavy (non-hydrogen) atoms. The summed E-state index contributed by atoms with van der Waals surface area (Å²) in [6, 6.07) is 1.60. The molecular weight excluding hydrogens is 396 g/mol. The molecule has 1 N–H and O–H groups in total. The van der Waals surface area contributed by atoms with E-state index in [1.165, 1.54) is 11.6 Å². The van der Waals surface area contributed by atoms with Gasteiger partial charge in [0, 0.05) is 19.7 Å². The minimum absolute atomic E-state index is 0.00222. The molecule has 0 spiro atoms. The van der Waals surface area contributed by atoms with Crippen LogP contribution in [0.1, 0.15) is 25.4 Å². The Balaban J connectivity index is 1.99. The molecule has 0 saturated carbocycles. The Hall–Kier alpha value is -2.95. The molecule has 10 nitrogen and oxygen atoms in total. The number of hydrogen-bond acceptors (Lipinski definition) is 8. The number of aryl methyl sites for hydroxylation is 2. The summed E-state index contributed by atoms with van der Waals surface area (Å²) in [6.45, 7) is 7.79. The molecule has 3 aromatic heterocycles. The lowest BCUT2D eigenvalue weighted by Gasteiger charge is -2.15. The first-order valence-electron chi connectivity index (χ1n) is 9.01. The molecule has 0 radical (unpaired) electrons. The molecule has 0 aliphatic heterocycles. The molecule has 0 bridgehead atoms. The number of nitrogens with zero attached hydrogens (tertiary/aromatic N) is 5. The first-order valence-corrected chi connectivity index (χ1v) is 10.00. The minimum atomic E-state index is -0.487. The largest absolute Gasteiger partial charge is 0.338 e. The quantitative estimate of drug-likeness (QED) is 0.471. The molecule has 0 aromatic carbocycles. The first-order chi connectivity index (χ1) is 13.7. The molecule has 11 heteroatoms. The fourth-order valence-electron chi connectivity index (χ4n) is 2.81. The molecule has 0 atom stereocenters. The predicted molar refractivity (Wildman–Crippen MR) is 109 cm³/mol. The van der Waals surface area contributed by atoms with Crippen molar-refractivity contribution in [2.24, 2.45) is 13.0 Å². The lowest BCUT2D eigenvalue weighted by Crippen LogP contribution is -2.39. The van der Waals surface area contributed by atoms with Crippen molar-refractivity contribution in [3.05, 3.63) is 38.4 Å². The number of thioether (sulfide) groups is 1. The third-order valence-electron chi connectivity index (χ3n) is 4.04. The van der Waals surface area contributed by atoms with Crippen molar-refractivity contribution < 1.29 is 9.32 Å². The number of anilines is 1. The lowest BCUT2D eigenvalue weighted by atomic mass is 10.2. The summed E-state index contributed by atoms with van der Waals surface area (Å²) < 4.78 is 7.50. The molecule has 3 heterocycles. The standard InChI is InChI=1S/C18H22N6O4S/c1-9(2)7-24-15-14(17(26)23(5)18(24)27)16(20-11(4)19-15)29-8-12(25)21-13-6-10(3)22-28-13/h6,9H,7-8H2,1-5H3,(H,21,25). The fourth-order valence-corrected chi connectivity index (χ4v) is 3.66. The van der Waals surface area contributed by atoms with E-state index in [1.807, 2.05) is 13.8 Å². The average Bonchev–Trinajstić information content (AvgIpc) is 3.05. The van der Waals surface area contributed by atoms with Gasteiger partial charge in [0.2, 0.25) is 11.8 Å². The van der Waals surface area contributed by atoms with Gasteiger partial charge < -0.3 is 4.52 Å². The number of rotatable bonds is 6. The summed E-state index contributed by atoms with van der Waals surface area (Å²) in [7, 11) is 1.42. The van der Waals surface area contributed by atoms with Gasteiger partial charge in [0.15, 0.2) is 5.65 Å². The highest BCUT2D eigenvalue weighted by Gasteiger charge is 2.19. The number of carbonyl (C=O) groups is 1. The minimum Gasteiger partial charge on any atom is -0.338 e. The fraction of sp³-hybridized carbons (Fsp3) is 0.444. The van der Waals surface area contributed by atoms with Crippen LogP contribution in [-0.4, -0.2) is 35.9 Å². The summed E-state index contributed by atoms with van der Waals surface area (Å²) in [4.78, 5) is 46.3. The maximum atomic E-state index is 12.8. The van der Waals surface area contributed by atoms with Gasteiger partial charge in [-0.2, -0.15) is 0 Å². The van der Waals surface area contributed by atoms with E-state index in [9.17, 15) is 14.4 Å². The summed E-state index contributed by atoms with van der Waals surface area (Å²) in [5, 5.41) is 6.89. The van der Waals surface area contributed by atoms with Crippen molar-refractivity contribution >= 4 is 34.6 Å². The van der Waals surface area contributed by atoms with Gasteiger partial charge in [-0.25, -0.2) is 14.8 Å². The summed E-state index contributed by atoms with van der Waals surface area (Å²) in [5.74, 6) is 0.506. The Morgan fingerprint density at radius 1 is 1.28 bits per heavy atom. The van der Waals surface area contributed by atoms with Gasteiger partial charge in [0.25, 0.3) is 5.56 Å². The van der Waals surface area contributed by atoms with Crippen LogP contribution in [0.25, 0.3) is 11.0 Å². The van der Waals surface area contributed by atoms with E-state index in [4.69, 9.17) is 4.52 Å². The van der Waals surface area contributed by atoms with Crippen LogP contribution in [0.3, 0.4) is 0 Å². The maximum absolute atomic E-state index is 12.8. The molecule has 3 aromatic rings. The van der Waals surface area contributed by atoms with Crippen molar-refractivity contribution in [2.75, 3.05) is 11.1 Å². The molecule has 1 amide bonds. The Morgan fingerprint density at radius 2 is 2.00 bits per heavy atom. The van der Waals surface area contributed by atoms with Gasteiger partial charge in [0.05, 0.1) is 11.4 Å². The van der Waals surface area contributed by atoms with Gasteiger partial charge in [-0.05, 0) is 19.8 Å². The van der Waals surface area contributed by atoms with Gasteiger partial charge >= 0.3 is 5.69 Å². The SMILES string of the molecule is Cc1cc(NC(=O)CSc2nc(C)nc3c2c(=O)n(C)c(=O)n3CC(C)C)on1. The molecular formula is C18H22N6O4S. The number of carbonyl (C=O) groups excluding carboxylic acids is 1. The highest BCUT2D eigenvalue weighted by molar-refractivity contribution is 8.00. The normalized spacial score (nSPS) is 11.4. The van der Waals surface area contributed by atoms with Gasteiger partial charge in [0.1, 0.15) is 16.2 Å². The van der Waals surface area contributed by atoms with Crippen LogP contribution in [0, 0.1) is 19.8 Å². The van der Waals surface area contributed by atoms with Crippen LogP contribution in [0.2, 0.25) is 0 Å². The summed E-state index contributed by atoms with van der Waals surface area (Å²) in [6.07, 6.45) is 0. The smallest absolute Gasteiger partial charge is 0.332 e. The first kappa shape index (κ1) is 20.8. The number of fused-ring (bicyclic) bond motifs is 1. The third kappa shape index (κ3) is 4.39. The number of hydrogen-bond donors (Lipinski definition) is 1. The van der Waals surface area contributed by atoms with E-state index in [0.717, 1.165) is 16.3 Å². The highest BCUT2D eigenvalue weighted by Crippen LogP contribution is 2.23. The van der Waals surface area contributed by atoms with Crippen molar-refractivity contribution in [1.29, 1.82) is 0 Å². The van der Waals surface area contributed by atoms with Gasteiger partial charge in [-0.15, -0.1) is 0 Å². The van der Waals surface area contributed by atoms with Crippen molar-refractivity contribution in [3.8, 4) is 0 Å². The van der Waals surface area contributed by atoms with Crippen LogP contribution < -0.4 is 16.6 Å². The Morgan fingerprint density at radius 3 is 2.62 bits per heavy atom. The lowest BCUT2D eigenvalue weighted by molar-refractivity contribution is -0.113. The number of amides is 1. The van der Waals surface area contributed by atoms with E-state index in [0.29, 0.717) is 23.1 Å². The molecule has 0 aliphatic carbocycles.